The number of carbonyl (C=O) groups is 1. The fourth-order valence-corrected chi connectivity index (χ4v) is 3.62. The Morgan fingerprint density at radius 2 is 2.11 bits per heavy atom. The second kappa shape index (κ2) is 8.16. The molecule has 1 aliphatic rings. The van der Waals surface area contributed by atoms with Gasteiger partial charge in [-0.3, -0.25) is 19.3 Å². The number of nitrogens with zero attached hydrogens (tertiary/aromatic N) is 5. The minimum absolute atomic E-state index is 0.0747. The molecule has 4 heterocycles. The number of hydrogen-bond acceptors (Lipinski definition) is 5. The van der Waals surface area contributed by atoms with Crippen molar-refractivity contribution < 1.29 is 4.79 Å². The van der Waals surface area contributed by atoms with E-state index in [4.69, 9.17) is 0 Å². The maximum absolute atomic E-state index is 13.1. The van der Waals surface area contributed by atoms with Crippen LogP contribution in [0.5, 0.6) is 0 Å². The predicted molar refractivity (Wildman–Crippen MR) is 104 cm³/mol. The van der Waals surface area contributed by atoms with E-state index in [1.54, 1.807) is 24.5 Å². The molecular formula is C20H22N6O2. The van der Waals surface area contributed by atoms with Crippen LogP contribution in [-0.4, -0.2) is 48.1 Å². The van der Waals surface area contributed by atoms with Gasteiger partial charge in [0.25, 0.3) is 11.5 Å². The zero-order chi connectivity index (χ0) is 19.3. The van der Waals surface area contributed by atoms with Gasteiger partial charge >= 0.3 is 0 Å². The van der Waals surface area contributed by atoms with E-state index >= 15 is 0 Å². The number of aromatic amines is 1. The van der Waals surface area contributed by atoms with E-state index in [2.05, 4.69) is 20.1 Å². The van der Waals surface area contributed by atoms with Gasteiger partial charge in [-0.1, -0.05) is 6.07 Å². The van der Waals surface area contributed by atoms with Crippen LogP contribution in [0, 0.1) is 0 Å². The summed E-state index contributed by atoms with van der Waals surface area (Å²) in [6.45, 7) is 1.40. The summed E-state index contributed by atoms with van der Waals surface area (Å²) in [6.07, 6.45) is 10.4. The quantitative estimate of drug-likeness (QED) is 0.733. The van der Waals surface area contributed by atoms with E-state index in [1.807, 2.05) is 27.9 Å². The first kappa shape index (κ1) is 18.1. The molecule has 1 atom stereocenters. The average molecular weight is 378 g/mol. The van der Waals surface area contributed by atoms with Crippen LogP contribution in [0.25, 0.3) is 11.5 Å². The predicted octanol–water partition coefficient (Wildman–Crippen LogP) is 2.11. The molecule has 1 N–H and O–H groups in total. The van der Waals surface area contributed by atoms with E-state index in [0.717, 1.165) is 32.2 Å². The number of likely N-dealkylation sites (tertiary alicyclic amines) is 1. The molecule has 1 amide bonds. The van der Waals surface area contributed by atoms with Crippen LogP contribution in [-0.2, 0) is 6.54 Å². The molecule has 0 bridgehead atoms. The van der Waals surface area contributed by atoms with Gasteiger partial charge in [0.1, 0.15) is 11.3 Å². The van der Waals surface area contributed by atoms with E-state index < -0.39 is 5.56 Å². The standard InChI is InChI=1S/C20H22N6O2/c27-19-16(14-22-18(24-19)17-7-1-3-9-21-17)20(28)26-12-4-2-6-15(26)8-13-25-11-5-10-23-25/h1,3,5,7,9-11,14-15H,2,4,6,8,12-13H2,(H,22,24,27). The van der Waals surface area contributed by atoms with Gasteiger partial charge in [0.2, 0.25) is 0 Å². The number of nitrogens with one attached hydrogen (secondary N) is 1. The number of hydrogen-bond donors (Lipinski definition) is 1. The van der Waals surface area contributed by atoms with Gasteiger partial charge in [0.15, 0.2) is 5.82 Å². The van der Waals surface area contributed by atoms with Gasteiger partial charge in [-0.2, -0.15) is 5.10 Å². The minimum atomic E-state index is -0.433. The largest absolute Gasteiger partial charge is 0.335 e. The lowest BCUT2D eigenvalue weighted by Gasteiger charge is -2.35. The Morgan fingerprint density at radius 3 is 2.86 bits per heavy atom. The Hall–Kier alpha value is -3.29. The maximum Gasteiger partial charge on any atom is 0.264 e. The average Bonchev–Trinajstić information content (AvgIpc) is 3.26. The van der Waals surface area contributed by atoms with Crippen LogP contribution in [0.15, 0.2) is 53.8 Å². The number of carbonyl (C=O) groups excluding carboxylic acids is 1. The Kier molecular flexibility index (Phi) is 5.27. The monoisotopic (exact) mass is 378 g/mol. The molecule has 0 aliphatic carbocycles. The van der Waals surface area contributed by atoms with Crippen LogP contribution < -0.4 is 5.56 Å². The zero-order valence-electron chi connectivity index (χ0n) is 15.5. The second-order valence-corrected chi connectivity index (χ2v) is 6.90. The van der Waals surface area contributed by atoms with Crippen molar-refractivity contribution in [3.63, 3.8) is 0 Å². The zero-order valence-corrected chi connectivity index (χ0v) is 15.5. The first-order valence-corrected chi connectivity index (χ1v) is 9.51. The maximum atomic E-state index is 13.1. The number of rotatable bonds is 5. The van der Waals surface area contributed by atoms with Crippen molar-refractivity contribution in [3.8, 4) is 11.5 Å². The summed E-state index contributed by atoms with van der Waals surface area (Å²) in [5.41, 5.74) is 0.205. The van der Waals surface area contributed by atoms with Gasteiger partial charge in [0, 0.05) is 43.9 Å². The van der Waals surface area contributed by atoms with Crippen molar-refractivity contribution in [2.24, 2.45) is 0 Å². The molecule has 1 aliphatic heterocycles. The number of pyridine rings is 1. The highest BCUT2D eigenvalue weighted by atomic mass is 16.2. The highest BCUT2D eigenvalue weighted by Crippen LogP contribution is 2.22. The SMILES string of the molecule is O=C(c1cnc(-c2ccccn2)[nH]c1=O)N1CCCCC1CCn1cccn1. The van der Waals surface area contributed by atoms with E-state index in [1.165, 1.54) is 6.20 Å². The number of aromatic nitrogens is 5. The number of aryl methyl sites for hydroxylation is 1. The van der Waals surface area contributed by atoms with Crippen LogP contribution in [0.4, 0.5) is 0 Å². The summed E-state index contributed by atoms with van der Waals surface area (Å²) in [4.78, 5) is 38.6. The lowest BCUT2D eigenvalue weighted by molar-refractivity contribution is 0.0591. The van der Waals surface area contributed by atoms with Crippen molar-refractivity contribution >= 4 is 5.91 Å². The van der Waals surface area contributed by atoms with Crippen molar-refractivity contribution in [2.75, 3.05) is 6.54 Å². The molecule has 0 saturated carbocycles. The summed E-state index contributed by atoms with van der Waals surface area (Å²) < 4.78 is 1.87. The van der Waals surface area contributed by atoms with E-state index in [0.29, 0.717) is 18.1 Å². The topological polar surface area (TPSA) is 96.8 Å². The molecule has 4 rings (SSSR count). The summed E-state index contributed by atoms with van der Waals surface area (Å²) in [5, 5.41) is 4.22. The highest BCUT2D eigenvalue weighted by molar-refractivity contribution is 5.94. The molecule has 0 radical (unpaired) electrons. The Balaban J connectivity index is 1.52. The van der Waals surface area contributed by atoms with Crippen molar-refractivity contribution in [1.29, 1.82) is 0 Å². The lowest BCUT2D eigenvalue weighted by Crippen LogP contribution is -2.45. The molecule has 144 valence electrons. The van der Waals surface area contributed by atoms with Crippen LogP contribution in [0.2, 0.25) is 0 Å². The highest BCUT2D eigenvalue weighted by Gasteiger charge is 2.29. The Morgan fingerprint density at radius 1 is 1.18 bits per heavy atom. The fourth-order valence-electron chi connectivity index (χ4n) is 3.62. The van der Waals surface area contributed by atoms with E-state index in [-0.39, 0.29) is 17.5 Å². The molecule has 8 nitrogen and oxygen atoms in total. The molecular weight excluding hydrogens is 356 g/mol. The smallest absolute Gasteiger partial charge is 0.264 e. The molecule has 0 aromatic carbocycles. The molecule has 1 saturated heterocycles. The summed E-state index contributed by atoms with van der Waals surface area (Å²) in [7, 11) is 0. The van der Waals surface area contributed by atoms with Gasteiger partial charge in [-0.05, 0) is 43.9 Å². The van der Waals surface area contributed by atoms with Crippen LogP contribution >= 0.6 is 0 Å². The van der Waals surface area contributed by atoms with Gasteiger partial charge in [-0.25, -0.2) is 4.98 Å². The van der Waals surface area contributed by atoms with Gasteiger partial charge in [0.05, 0.1) is 0 Å². The van der Waals surface area contributed by atoms with Gasteiger partial charge < -0.3 is 9.88 Å². The molecule has 1 unspecified atom stereocenters. The number of piperidine rings is 1. The number of H-pyrrole nitrogens is 1. The third kappa shape index (κ3) is 3.85. The van der Waals surface area contributed by atoms with Crippen LogP contribution in [0.3, 0.4) is 0 Å². The number of amides is 1. The van der Waals surface area contributed by atoms with E-state index in [9.17, 15) is 9.59 Å². The summed E-state index contributed by atoms with van der Waals surface area (Å²) in [5.74, 6) is 0.0995. The molecule has 1 fully saturated rings. The Bertz CT molecular complexity index is 983. The second-order valence-electron chi connectivity index (χ2n) is 6.90. The third-order valence-electron chi connectivity index (χ3n) is 5.08. The molecule has 8 heteroatoms. The summed E-state index contributed by atoms with van der Waals surface area (Å²) in [6, 6.07) is 7.35. The van der Waals surface area contributed by atoms with Crippen LogP contribution in [0.1, 0.15) is 36.0 Å². The van der Waals surface area contributed by atoms with Crippen molar-refractivity contribution in [2.45, 2.75) is 38.3 Å². The van der Waals surface area contributed by atoms with Gasteiger partial charge in [-0.15, -0.1) is 0 Å². The minimum Gasteiger partial charge on any atom is -0.335 e. The first-order chi connectivity index (χ1) is 13.7. The lowest BCUT2D eigenvalue weighted by atomic mass is 9.98. The summed E-state index contributed by atoms with van der Waals surface area (Å²) >= 11 is 0. The molecule has 0 spiro atoms. The Labute approximate surface area is 162 Å². The first-order valence-electron chi connectivity index (χ1n) is 9.51. The molecule has 28 heavy (non-hydrogen) atoms. The molecule has 3 aromatic heterocycles. The fraction of sp³-hybridized carbons (Fsp3) is 0.350. The molecule has 3 aromatic rings. The third-order valence-corrected chi connectivity index (χ3v) is 5.08. The van der Waals surface area contributed by atoms with Crippen molar-refractivity contribution in [3.05, 3.63) is 65.0 Å². The van der Waals surface area contributed by atoms with Crippen molar-refractivity contribution in [1.82, 2.24) is 29.6 Å². The normalized spacial score (nSPS) is 16.9.